The standard InChI is InChI=1S/C13H16N2O3S/c1-10(11-5-3-2-4-6-11)14-15-13(16)12-7-8-19(17,18)9-12/h2-6,12H,7-9H2,1H3,(H,15,16)/b14-10-/t12-/m0/s1. The van der Waals surface area contributed by atoms with Gasteiger partial charge in [0.15, 0.2) is 9.84 Å². The second-order valence-electron chi connectivity index (χ2n) is 4.64. The molecule has 1 atom stereocenters. The van der Waals surface area contributed by atoms with Gasteiger partial charge in [0, 0.05) is 0 Å². The molecule has 2 rings (SSSR count). The van der Waals surface area contributed by atoms with Gasteiger partial charge in [-0.2, -0.15) is 5.10 Å². The monoisotopic (exact) mass is 280 g/mol. The van der Waals surface area contributed by atoms with Crippen LogP contribution in [0.1, 0.15) is 18.9 Å². The molecule has 0 spiro atoms. The molecule has 1 aliphatic heterocycles. The van der Waals surface area contributed by atoms with E-state index in [1.54, 1.807) is 6.92 Å². The average Bonchev–Trinajstić information content (AvgIpc) is 2.77. The van der Waals surface area contributed by atoms with E-state index in [1.165, 1.54) is 0 Å². The molecule has 1 aliphatic rings. The predicted molar refractivity (Wildman–Crippen MR) is 73.6 cm³/mol. The third kappa shape index (κ3) is 3.64. The number of hydrazone groups is 1. The number of rotatable bonds is 3. The van der Waals surface area contributed by atoms with E-state index < -0.39 is 15.8 Å². The molecular weight excluding hydrogens is 264 g/mol. The number of benzene rings is 1. The summed E-state index contributed by atoms with van der Waals surface area (Å²) >= 11 is 0. The van der Waals surface area contributed by atoms with Crippen molar-refractivity contribution in [1.82, 2.24) is 5.43 Å². The molecule has 1 fully saturated rings. The SMILES string of the molecule is C/C(=N/NC(=O)[C@H]1CCS(=O)(=O)C1)c1ccccc1. The Balaban J connectivity index is 1.97. The number of hydrogen-bond acceptors (Lipinski definition) is 4. The highest BCUT2D eigenvalue weighted by Gasteiger charge is 2.32. The minimum atomic E-state index is -3.04. The summed E-state index contributed by atoms with van der Waals surface area (Å²) in [6, 6.07) is 9.47. The Morgan fingerprint density at radius 1 is 1.32 bits per heavy atom. The zero-order valence-electron chi connectivity index (χ0n) is 10.7. The Labute approximate surface area is 112 Å². The summed E-state index contributed by atoms with van der Waals surface area (Å²) in [7, 11) is -3.04. The first-order valence-electron chi connectivity index (χ1n) is 6.08. The lowest BCUT2D eigenvalue weighted by atomic mass is 10.1. The maximum Gasteiger partial charge on any atom is 0.244 e. The Morgan fingerprint density at radius 3 is 2.58 bits per heavy atom. The minimum absolute atomic E-state index is 0.0707. The van der Waals surface area contributed by atoms with E-state index >= 15 is 0 Å². The Hall–Kier alpha value is -1.69. The predicted octanol–water partition coefficient (Wildman–Crippen LogP) is 0.962. The van der Waals surface area contributed by atoms with Crippen LogP contribution < -0.4 is 5.43 Å². The summed E-state index contributed by atoms with van der Waals surface area (Å²) in [5.41, 5.74) is 4.05. The van der Waals surface area contributed by atoms with Crippen molar-refractivity contribution in [1.29, 1.82) is 0 Å². The highest BCUT2D eigenvalue weighted by atomic mass is 32.2. The lowest BCUT2D eigenvalue weighted by Crippen LogP contribution is -2.28. The van der Waals surface area contributed by atoms with E-state index in [9.17, 15) is 13.2 Å². The van der Waals surface area contributed by atoms with Crippen LogP contribution in [0.4, 0.5) is 0 Å². The highest BCUT2D eigenvalue weighted by molar-refractivity contribution is 7.91. The van der Waals surface area contributed by atoms with Gasteiger partial charge < -0.3 is 0 Å². The number of sulfone groups is 1. The van der Waals surface area contributed by atoms with Crippen molar-refractivity contribution >= 4 is 21.5 Å². The topological polar surface area (TPSA) is 75.6 Å². The lowest BCUT2D eigenvalue weighted by molar-refractivity contribution is -0.124. The first kappa shape index (κ1) is 13.7. The van der Waals surface area contributed by atoms with E-state index in [4.69, 9.17) is 0 Å². The fraction of sp³-hybridized carbons (Fsp3) is 0.385. The summed E-state index contributed by atoms with van der Waals surface area (Å²) in [4.78, 5) is 11.8. The zero-order chi connectivity index (χ0) is 13.9. The van der Waals surface area contributed by atoms with Crippen molar-refractivity contribution < 1.29 is 13.2 Å². The molecule has 0 aliphatic carbocycles. The van der Waals surface area contributed by atoms with Crippen LogP contribution in [0.15, 0.2) is 35.4 Å². The maximum atomic E-state index is 11.8. The molecule has 5 nitrogen and oxygen atoms in total. The molecule has 19 heavy (non-hydrogen) atoms. The van der Waals surface area contributed by atoms with E-state index in [1.807, 2.05) is 30.3 Å². The van der Waals surface area contributed by atoms with Crippen molar-refractivity contribution in [3.63, 3.8) is 0 Å². The van der Waals surface area contributed by atoms with Gasteiger partial charge in [0.05, 0.1) is 23.1 Å². The number of amides is 1. The van der Waals surface area contributed by atoms with Crippen LogP contribution >= 0.6 is 0 Å². The molecule has 0 unspecified atom stereocenters. The molecule has 1 N–H and O–H groups in total. The quantitative estimate of drug-likeness (QED) is 0.662. The Bertz CT molecular complexity index is 594. The van der Waals surface area contributed by atoms with Gasteiger partial charge in [0.1, 0.15) is 0 Å². The first-order chi connectivity index (χ1) is 8.98. The fourth-order valence-electron chi connectivity index (χ4n) is 1.98. The summed E-state index contributed by atoms with van der Waals surface area (Å²) in [6.45, 7) is 1.79. The van der Waals surface area contributed by atoms with Crippen LogP contribution in [-0.4, -0.2) is 31.5 Å². The highest BCUT2D eigenvalue weighted by Crippen LogP contribution is 2.18. The second-order valence-corrected chi connectivity index (χ2v) is 6.87. The van der Waals surface area contributed by atoms with Crippen molar-refractivity contribution in [3.05, 3.63) is 35.9 Å². The van der Waals surface area contributed by atoms with Gasteiger partial charge in [-0.1, -0.05) is 30.3 Å². The molecule has 6 heteroatoms. The minimum Gasteiger partial charge on any atom is -0.273 e. The van der Waals surface area contributed by atoms with Gasteiger partial charge in [-0.05, 0) is 18.9 Å². The lowest BCUT2D eigenvalue weighted by Gasteiger charge is -2.06. The smallest absolute Gasteiger partial charge is 0.244 e. The molecule has 1 saturated heterocycles. The van der Waals surface area contributed by atoms with Gasteiger partial charge in [-0.3, -0.25) is 4.79 Å². The average molecular weight is 280 g/mol. The first-order valence-corrected chi connectivity index (χ1v) is 7.90. The van der Waals surface area contributed by atoms with Gasteiger partial charge in [0.2, 0.25) is 5.91 Å². The summed E-state index contributed by atoms with van der Waals surface area (Å²) in [6.07, 6.45) is 0.383. The van der Waals surface area contributed by atoms with Crippen LogP contribution in [0.25, 0.3) is 0 Å². The van der Waals surface area contributed by atoms with Gasteiger partial charge in [0.25, 0.3) is 0 Å². The van der Waals surface area contributed by atoms with Crippen molar-refractivity contribution in [2.45, 2.75) is 13.3 Å². The second kappa shape index (κ2) is 5.52. The summed E-state index contributed by atoms with van der Waals surface area (Å²) < 4.78 is 22.6. The molecule has 102 valence electrons. The van der Waals surface area contributed by atoms with E-state index in [-0.39, 0.29) is 17.4 Å². The number of carbonyl (C=O) groups is 1. The Morgan fingerprint density at radius 2 is 2.00 bits per heavy atom. The van der Waals surface area contributed by atoms with Crippen LogP contribution in [0, 0.1) is 5.92 Å². The van der Waals surface area contributed by atoms with Crippen LogP contribution in [0.3, 0.4) is 0 Å². The van der Waals surface area contributed by atoms with Gasteiger partial charge in [-0.25, -0.2) is 13.8 Å². The van der Waals surface area contributed by atoms with Crippen LogP contribution in [-0.2, 0) is 14.6 Å². The van der Waals surface area contributed by atoms with Crippen LogP contribution in [0.5, 0.6) is 0 Å². The molecule has 0 radical (unpaired) electrons. The molecule has 1 aromatic carbocycles. The number of hydrogen-bond donors (Lipinski definition) is 1. The molecular formula is C13H16N2O3S. The molecule has 1 amide bonds. The van der Waals surface area contributed by atoms with Crippen molar-refractivity contribution in [3.8, 4) is 0 Å². The normalized spacial score (nSPS) is 22.2. The molecule has 1 aromatic rings. The third-order valence-electron chi connectivity index (χ3n) is 3.13. The largest absolute Gasteiger partial charge is 0.273 e. The molecule has 0 bridgehead atoms. The molecule has 0 aromatic heterocycles. The number of nitrogens with zero attached hydrogens (tertiary/aromatic N) is 1. The summed E-state index contributed by atoms with van der Waals surface area (Å²) in [5.74, 6) is -0.778. The number of nitrogens with one attached hydrogen (secondary N) is 1. The molecule has 0 saturated carbocycles. The van der Waals surface area contributed by atoms with Gasteiger partial charge >= 0.3 is 0 Å². The van der Waals surface area contributed by atoms with Crippen molar-refractivity contribution in [2.75, 3.05) is 11.5 Å². The van der Waals surface area contributed by atoms with Gasteiger partial charge in [-0.15, -0.1) is 0 Å². The Kier molecular flexibility index (Phi) is 3.99. The third-order valence-corrected chi connectivity index (χ3v) is 4.90. The zero-order valence-corrected chi connectivity index (χ0v) is 11.5. The fourth-order valence-corrected chi connectivity index (χ4v) is 3.72. The number of carbonyl (C=O) groups excluding carboxylic acids is 1. The van der Waals surface area contributed by atoms with E-state index in [0.717, 1.165) is 5.56 Å². The maximum absolute atomic E-state index is 11.8. The van der Waals surface area contributed by atoms with E-state index in [0.29, 0.717) is 12.1 Å². The van der Waals surface area contributed by atoms with E-state index in [2.05, 4.69) is 10.5 Å². The molecule has 1 heterocycles. The van der Waals surface area contributed by atoms with Crippen molar-refractivity contribution in [2.24, 2.45) is 11.0 Å². The summed E-state index contributed by atoms with van der Waals surface area (Å²) in [5, 5.41) is 4.01. The van der Waals surface area contributed by atoms with Crippen LogP contribution in [0.2, 0.25) is 0 Å².